The predicted octanol–water partition coefficient (Wildman–Crippen LogP) is 2.65. The van der Waals surface area contributed by atoms with Gasteiger partial charge in [0, 0.05) is 14.1 Å². The van der Waals surface area contributed by atoms with Gasteiger partial charge in [0.1, 0.15) is 23.2 Å². The maximum atomic E-state index is 13.0. The van der Waals surface area contributed by atoms with Gasteiger partial charge in [0.05, 0.1) is 29.9 Å². The molecule has 0 radical (unpaired) electrons. The number of anilines is 2. The first-order valence-electron chi connectivity index (χ1n) is 9.34. The van der Waals surface area contributed by atoms with Gasteiger partial charge in [0.25, 0.3) is 0 Å². The quantitative estimate of drug-likeness (QED) is 0.330. The lowest BCUT2D eigenvalue weighted by molar-refractivity contribution is -0.112. The first-order valence-corrected chi connectivity index (χ1v) is 10.3. The fraction of sp³-hybridized carbons (Fsp3) is 0.190. The van der Waals surface area contributed by atoms with E-state index >= 15 is 0 Å². The smallest absolute Gasteiger partial charge is 0.214 e. The van der Waals surface area contributed by atoms with Crippen LogP contribution in [0.2, 0.25) is 0 Å². The van der Waals surface area contributed by atoms with Gasteiger partial charge in [0.2, 0.25) is 5.16 Å². The average Bonchev–Trinajstić information content (AvgIpc) is 3.37. The van der Waals surface area contributed by atoms with Crippen LogP contribution in [0.5, 0.6) is 5.75 Å². The van der Waals surface area contributed by atoms with Crippen molar-refractivity contribution < 1.29 is 9.53 Å². The molecule has 31 heavy (non-hydrogen) atoms. The number of tetrazole rings is 1. The number of Topliss-reactive ketones (excluding diaryl/α,β-unsaturated/α-hetero) is 1. The predicted molar refractivity (Wildman–Crippen MR) is 117 cm³/mol. The Balaban J connectivity index is 1.55. The van der Waals surface area contributed by atoms with E-state index in [0.717, 1.165) is 22.8 Å². The fourth-order valence-corrected chi connectivity index (χ4v) is 4.18. The Morgan fingerprint density at radius 2 is 1.74 bits per heavy atom. The number of thioether (sulfide) groups is 1. The summed E-state index contributed by atoms with van der Waals surface area (Å²) in [7, 11) is 5.29. The number of ketones is 1. The Labute approximate surface area is 183 Å². The zero-order valence-electron chi connectivity index (χ0n) is 17.2. The van der Waals surface area contributed by atoms with Gasteiger partial charge in [-0.05, 0) is 46.8 Å². The molecule has 0 saturated heterocycles. The number of ether oxygens (including phenoxy) is 1. The van der Waals surface area contributed by atoms with Crippen molar-refractivity contribution in [3.8, 4) is 17.5 Å². The number of nitrogens with zero attached hydrogens (tertiary/aromatic N) is 7. The summed E-state index contributed by atoms with van der Waals surface area (Å²) in [5.74, 6) is 1.01. The van der Waals surface area contributed by atoms with Gasteiger partial charge in [0.15, 0.2) is 5.78 Å². The molecule has 10 heteroatoms. The van der Waals surface area contributed by atoms with E-state index in [1.165, 1.54) is 11.8 Å². The summed E-state index contributed by atoms with van der Waals surface area (Å²) in [4.78, 5) is 16.7. The highest BCUT2D eigenvalue weighted by Crippen LogP contribution is 2.40. The molecule has 1 aliphatic rings. The molecule has 2 heterocycles. The Hall–Kier alpha value is -3.84. The van der Waals surface area contributed by atoms with Crippen molar-refractivity contribution in [2.24, 2.45) is 0 Å². The summed E-state index contributed by atoms with van der Waals surface area (Å²) in [6, 6.07) is 17.1. The number of para-hydroxylation sites is 2. The van der Waals surface area contributed by atoms with Gasteiger partial charge in [-0.1, -0.05) is 23.9 Å². The third-order valence-corrected chi connectivity index (χ3v) is 5.86. The zero-order valence-corrected chi connectivity index (χ0v) is 18.0. The molecule has 0 amide bonds. The van der Waals surface area contributed by atoms with Crippen molar-refractivity contribution in [1.82, 2.24) is 20.2 Å². The summed E-state index contributed by atoms with van der Waals surface area (Å²) in [5, 5.41) is 22.0. The maximum Gasteiger partial charge on any atom is 0.214 e. The molecule has 1 aromatic heterocycles. The van der Waals surface area contributed by atoms with Gasteiger partial charge in [-0.3, -0.25) is 4.79 Å². The van der Waals surface area contributed by atoms with E-state index in [0.29, 0.717) is 11.0 Å². The van der Waals surface area contributed by atoms with Crippen LogP contribution in [0.1, 0.15) is 0 Å². The van der Waals surface area contributed by atoms with Crippen molar-refractivity contribution in [2.75, 3.05) is 36.8 Å². The molecule has 2 aromatic carbocycles. The van der Waals surface area contributed by atoms with Crippen LogP contribution in [-0.2, 0) is 4.79 Å². The van der Waals surface area contributed by atoms with E-state index in [1.54, 1.807) is 23.9 Å². The normalized spacial score (nSPS) is 12.5. The maximum absolute atomic E-state index is 13.0. The van der Waals surface area contributed by atoms with Crippen LogP contribution in [0.15, 0.2) is 65.1 Å². The lowest BCUT2D eigenvalue weighted by Gasteiger charge is -2.19. The van der Waals surface area contributed by atoms with E-state index in [4.69, 9.17) is 4.74 Å². The standard InChI is InChI=1S/C21H19N7O2S/c1-26-17-6-4-5-7-18(17)27(2)20(26)16(12-22)19(29)13-31-21-23-24-25-28(21)14-8-10-15(30-3)11-9-14/h4-11H,13H2,1-3H3. The van der Waals surface area contributed by atoms with E-state index in [9.17, 15) is 10.1 Å². The van der Waals surface area contributed by atoms with Crippen molar-refractivity contribution in [3.05, 3.63) is 59.9 Å². The van der Waals surface area contributed by atoms with Crippen molar-refractivity contribution >= 4 is 28.9 Å². The summed E-state index contributed by atoms with van der Waals surface area (Å²) in [6.07, 6.45) is 0. The number of aromatic nitrogens is 4. The van der Waals surface area contributed by atoms with Crippen molar-refractivity contribution in [3.63, 3.8) is 0 Å². The molecule has 0 aliphatic carbocycles. The Morgan fingerprint density at radius 1 is 1.10 bits per heavy atom. The van der Waals surface area contributed by atoms with Crippen LogP contribution in [-0.4, -0.2) is 52.9 Å². The largest absolute Gasteiger partial charge is 0.497 e. The highest BCUT2D eigenvalue weighted by Gasteiger charge is 2.31. The highest BCUT2D eigenvalue weighted by molar-refractivity contribution is 7.99. The summed E-state index contributed by atoms with van der Waals surface area (Å²) in [5.41, 5.74) is 2.72. The monoisotopic (exact) mass is 433 g/mol. The van der Waals surface area contributed by atoms with Gasteiger partial charge >= 0.3 is 0 Å². The van der Waals surface area contributed by atoms with Gasteiger partial charge in [-0.25, -0.2) is 0 Å². The Bertz CT molecular complexity index is 1170. The molecule has 0 saturated carbocycles. The third kappa shape index (κ3) is 3.71. The molecule has 0 atom stereocenters. The topological polar surface area (TPSA) is 100 Å². The molecular weight excluding hydrogens is 414 g/mol. The van der Waals surface area contributed by atoms with E-state index in [2.05, 4.69) is 21.6 Å². The van der Waals surface area contributed by atoms with Crippen LogP contribution in [0.25, 0.3) is 5.69 Å². The van der Waals surface area contributed by atoms with E-state index in [-0.39, 0.29) is 17.1 Å². The number of hydrogen-bond acceptors (Lipinski definition) is 9. The lowest BCUT2D eigenvalue weighted by Crippen LogP contribution is -2.26. The van der Waals surface area contributed by atoms with Crippen LogP contribution >= 0.6 is 11.8 Å². The number of hydrogen-bond donors (Lipinski definition) is 0. The van der Waals surface area contributed by atoms with Crippen molar-refractivity contribution in [1.29, 1.82) is 5.26 Å². The minimum absolute atomic E-state index is 0.0287. The first-order chi connectivity index (χ1) is 15.0. The number of rotatable bonds is 6. The van der Waals surface area contributed by atoms with Crippen LogP contribution in [0.4, 0.5) is 11.4 Å². The van der Waals surface area contributed by atoms with Crippen molar-refractivity contribution in [2.45, 2.75) is 5.16 Å². The molecule has 1 aliphatic heterocycles. The number of carbonyl (C=O) groups excluding carboxylic acids is 1. The third-order valence-electron chi connectivity index (χ3n) is 4.94. The second-order valence-corrected chi connectivity index (χ2v) is 7.64. The average molecular weight is 433 g/mol. The number of nitriles is 1. The van der Waals surface area contributed by atoms with E-state index in [1.807, 2.05) is 60.3 Å². The van der Waals surface area contributed by atoms with Gasteiger partial charge in [-0.2, -0.15) is 9.94 Å². The number of allylic oxidation sites excluding steroid dienone is 1. The van der Waals surface area contributed by atoms with Crippen LogP contribution < -0.4 is 14.5 Å². The molecule has 9 nitrogen and oxygen atoms in total. The molecule has 4 rings (SSSR count). The lowest BCUT2D eigenvalue weighted by atomic mass is 10.2. The molecule has 156 valence electrons. The second kappa shape index (κ2) is 8.49. The summed E-state index contributed by atoms with van der Waals surface area (Å²) in [6.45, 7) is 0. The minimum Gasteiger partial charge on any atom is -0.497 e. The number of methoxy groups -OCH3 is 1. The number of benzene rings is 2. The molecule has 0 fully saturated rings. The van der Waals surface area contributed by atoms with Gasteiger partial charge < -0.3 is 14.5 Å². The van der Waals surface area contributed by atoms with Crippen LogP contribution in [0.3, 0.4) is 0 Å². The van der Waals surface area contributed by atoms with E-state index < -0.39 is 0 Å². The molecule has 0 bridgehead atoms. The number of carbonyl (C=O) groups is 1. The van der Waals surface area contributed by atoms with Crippen LogP contribution in [0, 0.1) is 11.3 Å². The zero-order chi connectivity index (χ0) is 22.0. The SMILES string of the molecule is COc1ccc(-n2nnnc2SCC(=O)C(C#N)=C2N(C)c3ccccc3N2C)cc1. The second-order valence-electron chi connectivity index (χ2n) is 6.70. The first kappa shape index (κ1) is 20.4. The Kier molecular flexibility index (Phi) is 5.60. The molecular formula is C21H19N7O2S. The summed E-state index contributed by atoms with van der Waals surface area (Å²) >= 11 is 1.18. The molecule has 0 N–H and O–H groups in total. The molecule has 0 spiro atoms. The summed E-state index contributed by atoms with van der Waals surface area (Å²) < 4.78 is 6.71. The highest BCUT2D eigenvalue weighted by atomic mass is 32.2. The molecule has 0 unspecified atom stereocenters. The molecule has 3 aromatic rings. The minimum atomic E-state index is -0.293. The Morgan fingerprint density at radius 3 is 2.32 bits per heavy atom. The number of fused-ring (bicyclic) bond motifs is 1. The van der Waals surface area contributed by atoms with Gasteiger partial charge in [-0.15, -0.1) is 5.10 Å². The fourth-order valence-electron chi connectivity index (χ4n) is 3.41.